The molecule has 0 bridgehead atoms. The van der Waals surface area contributed by atoms with Crippen LogP contribution in [-0.4, -0.2) is 55.0 Å². The third-order valence-electron chi connectivity index (χ3n) is 7.21. The second-order valence-electron chi connectivity index (χ2n) is 10.2. The summed E-state index contributed by atoms with van der Waals surface area (Å²) >= 11 is 0. The van der Waals surface area contributed by atoms with Crippen molar-refractivity contribution >= 4 is 63.0 Å². The quantitative estimate of drug-likeness (QED) is 0.118. The molecule has 3 aromatic carbocycles. The number of carboxylic acids is 2. The van der Waals surface area contributed by atoms with E-state index in [0.717, 1.165) is 16.5 Å². The zero-order valence-electron chi connectivity index (χ0n) is 23.3. The van der Waals surface area contributed by atoms with Crippen LogP contribution in [0.5, 0.6) is 0 Å². The SMILES string of the molecule is Nc1nc(N)c2c(CCc3ccc(C(=O)N[C@@H](CCC(=O)Nc4cc5ccccc5cc4C(=O)O)C(=O)O)cc3)c[nH]c2n1. The molecule has 2 aromatic heterocycles. The second-order valence-corrected chi connectivity index (χ2v) is 10.2. The number of hydrogen-bond acceptors (Lipinski definition) is 8. The van der Waals surface area contributed by atoms with E-state index in [0.29, 0.717) is 35.1 Å². The molecule has 0 saturated heterocycles. The number of rotatable bonds is 11. The van der Waals surface area contributed by atoms with Gasteiger partial charge >= 0.3 is 11.9 Å². The summed E-state index contributed by atoms with van der Waals surface area (Å²) in [6, 6.07) is 15.5. The Balaban J connectivity index is 1.17. The van der Waals surface area contributed by atoms with Gasteiger partial charge in [0.05, 0.1) is 16.6 Å². The first-order chi connectivity index (χ1) is 21.1. The summed E-state index contributed by atoms with van der Waals surface area (Å²) in [4.78, 5) is 60.3. The van der Waals surface area contributed by atoms with E-state index in [4.69, 9.17) is 11.5 Å². The number of carbonyl (C=O) groups excluding carboxylic acids is 2. The van der Waals surface area contributed by atoms with Gasteiger partial charge in [-0.3, -0.25) is 9.59 Å². The number of anilines is 3. The molecule has 0 radical (unpaired) electrons. The molecule has 0 aliphatic rings. The van der Waals surface area contributed by atoms with Crippen molar-refractivity contribution < 1.29 is 29.4 Å². The first-order valence-corrected chi connectivity index (χ1v) is 13.7. The number of benzene rings is 3. The maximum Gasteiger partial charge on any atom is 0.337 e. The average Bonchev–Trinajstić information content (AvgIpc) is 3.40. The molecular weight excluding hydrogens is 566 g/mol. The van der Waals surface area contributed by atoms with Gasteiger partial charge in [0, 0.05) is 18.2 Å². The van der Waals surface area contributed by atoms with Crippen molar-refractivity contribution in [3.05, 3.63) is 89.1 Å². The number of amides is 2. The van der Waals surface area contributed by atoms with Crippen molar-refractivity contribution in [1.29, 1.82) is 0 Å². The van der Waals surface area contributed by atoms with Crippen LogP contribution in [0.2, 0.25) is 0 Å². The normalized spacial score (nSPS) is 11.7. The molecule has 44 heavy (non-hydrogen) atoms. The molecule has 224 valence electrons. The van der Waals surface area contributed by atoms with E-state index in [1.165, 1.54) is 6.07 Å². The summed E-state index contributed by atoms with van der Waals surface area (Å²) in [5, 5.41) is 26.4. The van der Waals surface area contributed by atoms with E-state index in [-0.39, 0.29) is 35.6 Å². The van der Waals surface area contributed by atoms with E-state index in [1.54, 1.807) is 60.8 Å². The lowest BCUT2D eigenvalue weighted by Crippen LogP contribution is -2.41. The number of aromatic nitrogens is 3. The molecule has 1 atom stereocenters. The molecule has 2 amide bonds. The van der Waals surface area contributed by atoms with E-state index in [1.807, 2.05) is 0 Å². The fourth-order valence-corrected chi connectivity index (χ4v) is 4.95. The van der Waals surface area contributed by atoms with Crippen LogP contribution in [0.3, 0.4) is 0 Å². The molecule has 13 nitrogen and oxygen atoms in total. The van der Waals surface area contributed by atoms with Crippen LogP contribution in [0.15, 0.2) is 66.9 Å². The number of carboxylic acid groups (broad SMARTS) is 2. The predicted molar refractivity (Wildman–Crippen MR) is 164 cm³/mol. The van der Waals surface area contributed by atoms with Gasteiger partial charge in [-0.15, -0.1) is 0 Å². The van der Waals surface area contributed by atoms with Crippen molar-refractivity contribution in [3.8, 4) is 0 Å². The molecule has 9 N–H and O–H groups in total. The molecule has 5 rings (SSSR count). The number of carbonyl (C=O) groups is 4. The standard InChI is InChI=1S/C31H29N7O6/c32-26-25-20(15-34-27(25)38-31(33)37-26)10-7-16-5-8-17(9-6-16)28(40)36-22(30(43)44)11-12-24(39)35-23-14-19-4-2-1-3-18(19)13-21(23)29(41)42/h1-6,8-9,13-15,22H,7,10-12H2,(H,35,39)(H,36,40)(H,41,42)(H,43,44)(H5,32,33,34,37,38)/t22-/m0/s1. The van der Waals surface area contributed by atoms with Crippen LogP contribution in [0.4, 0.5) is 17.5 Å². The third kappa shape index (κ3) is 6.57. The number of nitrogens with two attached hydrogens (primary N) is 2. The summed E-state index contributed by atoms with van der Waals surface area (Å²) < 4.78 is 0. The number of nitrogens with one attached hydrogen (secondary N) is 3. The zero-order valence-corrected chi connectivity index (χ0v) is 23.3. The predicted octanol–water partition coefficient (Wildman–Crippen LogP) is 3.36. The Bertz CT molecular complexity index is 1900. The topological polar surface area (TPSA) is 226 Å². The number of fused-ring (bicyclic) bond motifs is 2. The minimum atomic E-state index is -1.34. The lowest BCUT2D eigenvalue weighted by Gasteiger charge is -2.15. The molecule has 0 unspecified atom stereocenters. The van der Waals surface area contributed by atoms with Gasteiger partial charge in [0.25, 0.3) is 5.91 Å². The minimum Gasteiger partial charge on any atom is -0.480 e. The monoisotopic (exact) mass is 595 g/mol. The maximum absolute atomic E-state index is 12.8. The lowest BCUT2D eigenvalue weighted by molar-refractivity contribution is -0.139. The Labute approximate surface area is 250 Å². The smallest absolute Gasteiger partial charge is 0.337 e. The fraction of sp³-hybridized carbons (Fsp3) is 0.161. The van der Waals surface area contributed by atoms with Gasteiger partial charge in [0.2, 0.25) is 11.9 Å². The van der Waals surface area contributed by atoms with Gasteiger partial charge in [0.1, 0.15) is 17.5 Å². The highest BCUT2D eigenvalue weighted by Gasteiger charge is 2.23. The largest absolute Gasteiger partial charge is 0.480 e. The number of aromatic carboxylic acids is 1. The average molecular weight is 596 g/mol. The van der Waals surface area contributed by atoms with E-state index < -0.39 is 29.8 Å². The molecule has 0 aliphatic carbocycles. The van der Waals surface area contributed by atoms with Gasteiger partial charge in [0.15, 0.2) is 0 Å². The molecule has 0 saturated carbocycles. The third-order valence-corrected chi connectivity index (χ3v) is 7.21. The van der Waals surface area contributed by atoms with Crippen molar-refractivity contribution in [2.24, 2.45) is 0 Å². The summed E-state index contributed by atoms with van der Waals surface area (Å²) in [6.45, 7) is 0. The highest BCUT2D eigenvalue weighted by molar-refractivity contribution is 6.05. The van der Waals surface area contributed by atoms with Gasteiger partial charge in [-0.05, 0) is 65.4 Å². The second kappa shape index (κ2) is 12.5. The van der Waals surface area contributed by atoms with Crippen LogP contribution in [0.1, 0.15) is 44.7 Å². The fourth-order valence-electron chi connectivity index (χ4n) is 4.95. The molecule has 5 aromatic rings. The lowest BCUT2D eigenvalue weighted by atomic mass is 10.0. The highest BCUT2D eigenvalue weighted by atomic mass is 16.4. The Morgan fingerprint density at radius 1 is 0.909 bits per heavy atom. The maximum atomic E-state index is 12.8. The summed E-state index contributed by atoms with van der Waals surface area (Å²) in [6.07, 6.45) is 2.59. The van der Waals surface area contributed by atoms with E-state index in [9.17, 15) is 29.4 Å². The molecule has 13 heteroatoms. The van der Waals surface area contributed by atoms with E-state index in [2.05, 4.69) is 25.6 Å². The summed E-state index contributed by atoms with van der Waals surface area (Å²) in [5.74, 6) is -3.33. The van der Waals surface area contributed by atoms with Crippen LogP contribution in [0.25, 0.3) is 21.8 Å². The number of H-pyrrole nitrogens is 1. The first-order valence-electron chi connectivity index (χ1n) is 13.7. The Morgan fingerprint density at radius 2 is 1.61 bits per heavy atom. The minimum absolute atomic E-state index is 0.0843. The molecule has 0 spiro atoms. The summed E-state index contributed by atoms with van der Waals surface area (Å²) in [5.41, 5.74) is 14.3. The number of nitrogen functional groups attached to an aromatic ring is 2. The Kier molecular flexibility index (Phi) is 8.37. The van der Waals surface area contributed by atoms with E-state index >= 15 is 0 Å². The summed E-state index contributed by atoms with van der Waals surface area (Å²) in [7, 11) is 0. The molecule has 0 fully saturated rings. The van der Waals surface area contributed by atoms with Crippen molar-refractivity contribution in [2.45, 2.75) is 31.7 Å². The number of hydrogen-bond donors (Lipinski definition) is 7. The van der Waals surface area contributed by atoms with Gasteiger partial charge in [-0.2, -0.15) is 9.97 Å². The molecular formula is C31H29N7O6. The Hall–Kier alpha value is -5.98. The van der Waals surface area contributed by atoms with Crippen molar-refractivity contribution in [1.82, 2.24) is 20.3 Å². The highest BCUT2D eigenvalue weighted by Crippen LogP contribution is 2.26. The van der Waals surface area contributed by atoms with Gasteiger partial charge in [-0.25, -0.2) is 9.59 Å². The Morgan fingerprint density at radius 3 is 2.30 bits per heavy atom. The number of aryl methyl sites for hydroxylation is 2. The molecule has 2 heterocycles. The van der Waals surface area contributed by atoms with Crippen LogP contribution < -0.4 is 22.1 Å². The van der Waals surface area contributed by atoms with Gasteiger partial charge < -0.3 is 37.3 Å². The number of aliphatic carboxylic acids is 1. The van der Waals surface area contributed by atoms with Crippen molar-refractivity contribution in [2.75, 3.05) is 16.8 Å². The van der Waals surface area contributed by atoms with Crippen LogP contribution in [-0.2, 0) is 22.4 Å². The van der Waals surface area contributed by atoms with Crippen molar-refractivity contribution in [3.63, 3.8) is 0 Å². The zero-order chi connectivity index (χ0) is 31.4. The van der Waals surface area contributed by atoms with Crippen LogP contribution in [0, 0.1) is 0 Å². The molecule has 0 aliphatic heterocycles. The van der Waals surface area contributed by atoms with Gasteiger partial charge in [-0.1, -0.05) is 36.4 Å². The number of aromatic amines is 1. The van der Waals surface area contributed by atoms with Crippen LogP contribution >= 0.6 is 0 Å². The number of nitrogens with zero attached hydrogens (tertiary/aromatic N) is 2. The first kappa shape index (κ1) is 29.5.